The summed E-state index contributed by atoms with van der Waals surface area (Å²) in [7, 11) is 0. The van der Waals surface area contributed by atoms with Gasteiger partial charge in [0, 0.05) is 10.7 Å². The molecular formula is C20H20ClN5O3. The number of benzene rings is 2. The summed E-state index contributed by atoms with van der Waals surface area (Å²) in [4.78, 5) is 24.5. The number of nitrogens with two attached hydrogens (primary N) is 1. The van der Waals surface area contributed by atoms with Crippen molar-refractivity contribution in [2.75, 3.05) is 11.1 Å². The quantitative estimate of drug-likeness (QED) is 0.564. The molecule has 9 heteroatoms. The number of nitrogens with zero attached hydrogens (tertiary/aromatic N) is 3. The van der Waals surface area contributed by atoms with Crippen LogP contribution < -0.4 is 15.8 Å². The number of carbonyl (C=O) groups is 1. The smallest absolute Gasteiger partial charge is 0.347 e. The molecule has 0 bridgehead atoms. The van der Waals surface area contributed by atoms with Gasteiger partial charge in [0.15, 0.2) is 18.5 Å². The van der Waals surface area contributed by atoms with Gasteiger partial charge in [0.1, 0.15) is 5.75 Å². The lowest BCUT2D eigenvalue weighted by atomic mass is 10.2. The highest BCUT2D eigenvalue weighted by atomic mass is 35.5. The van der Waals surface area contributed by atoms with Crippen molar-refractivity contribution in [3.05, 3.63) is 64.9 Å². The highest BCUT2D eigenvalue weighted by Crippen LogP contribution is 2.19. The van der Waals surface area contributed by atoms with Gasteiger partial charge in [0.2, 0.25) is 11.9 Å². The number of para-hydroxylation sites is 1. The van der Waals surface area contributed by atoms with Crippen LogP contribution in [0.2, 0.25) is 5.02 Å². The monoisotopic (exact) mass is 413 g/mol. The molecule has 1 aromatic heterocycles. The molecule has 2 aromatic carbocycles. The SMILES string of the molecule is Cc1ccccc1Nc1nc(N)nc(COC(=O)C(C)Oc2cccc(Cl)c2)n1. The number of halogens is 1. The molecule has 0 aliphatic heterocycles. The van der Waals surface area contributed by atoms with Crippen LogP contribution in [0.4, 0.5) is 17.6 Å². The molecule has 0 spiro atoms. The molecule has 150 valence electrons. The van der Waals surface area contributed by atoms with E-state index in [9.17, 15) is 4.79 Å². The van der Waals surface area contributed by atoms with Crippen LogP contribution in [-0.4, -0.2) is 27.0 Å². The van der Waals surface area contributed by atoms with E-state index in [0.29, 0.717) is 10.8 Å². The van der Waals surface area contributed by atoms with Crippen molar-refractivity contribution in [3.63, 3.8) is 0 Å². The standard InChI is InChI=1S/C20H20ClN5O3/c1-12-6-3-4-9-16(12)23-20-25-17(24-19(22)26-20)11-28-18(27)13(2)29-15-8-5-7-14(21)10-15/h3-10,13H,11H2,1-2H3,(H3,22,23,24,25,26). The van der Waals surface area contributed by atoms with Gasteiger partial charge in [-0.1, -0.05) is 35.9 Å². The lowest BCUT2D eigenvalue weighted by Crippen LogP contribution is -2.26. The summed E-state index contributed by atoms with van der Waals surface area (Å²) in [5.74, 6) is 0.400. The van der Waals surface area contributed by atoms with Gasteiger partial charge in [-0.2, -0.15) is 15.0 Å². The Morgan fingerprint density at radius 3 is 2.72 bits per heavy atom. The number of aromatic nitrogens is 3. The van der Waals surface area contributed by atoms with Crippen molar-refractivity contribution in [1.82, 2.24) is 15.0 Å². The number of hydrogen-bond acceptors (Lipinski definition) is 8. The Kier molecular flexibility index (Phi) is 6.46. The maximum absolute atomic E-state index is 12.2. The molecule has 0 aliphatic rings. The molecule has 0 saturated carbocycles. The molecule has 1 unspecified atom stereocenters. The third-order valence-electron chi connectivity index (χ3n) is 3.87. The fourth-order valence-electron chi connectivity index (χ4n) is 2.44. The first kappa shape index (κ1) is 20.3. The van der Waals surface area contributed by atoms with Gasteiger partial charge in [0.05, 0.1) is 0 Å². The summed E-state index contributed by atoms with van der Waals surface area (Å²) in [5.41, 5.74) is 7.61. The fraction of sp³-hybridized carbons (Fsp3) is 0.200. The van der Waals surface area contributed by atoms with E-state index in [1.807, 2.05) is 31.2 Å². The van der Waals surface area contributed by atoms with Crippen LogP contribution in [0.3, 0.4) is 0 Å². The molecule has 0 fully saturated rings. The van der Waals surface area contributed by atoms with E-state index in [1.54, 1.807) is 31.2 Å². The summed E-state index contributed by atoms with van der Waals surface area (Å²) >= 11 is 5.91. The first-order valence-corrected chi connectivity index (χ1v) is 9.20. The number of rotatable bonds is 7. The average Bonchev–Trinajstić information content (AvgIpc) is 2.67. The van der Waals surface area contributed by atoms with Crippen LogP contribution in [-0.2, 0) is 16.1 Å². The highest BCUT2D eigenvalue weighted by molar-refractivity contribution is 6.30. The zero-order valence-electron chi connectivity index (χ0n) is 15.9. The molecule has 3 N–H and O–H groups in total. The van der Waals surface area contributed by atoms with Crippen LogP contribution in [0.15, 0.2) is 48.5 Å². The van der Waals surface area contributed by atoms with E-state index in [-0.39, 0.29) is 24.3 Å². The summed E-state index contributed by atoms with van der Waals surface area (Å²) in [6, 6.07) is 14.4. The number of hydrogen-bond donors (Lipinski definition) is 2. The molecular weight excluding hydrogens is 394 g/mol. The van der Waals surface area contributed by atoms with E-state index >= 15 is 0 Å². The predicted molar refractivity (Wildman–Crippen MR) is 110 cm³/mol. The van der Waals surface area contributed by atoms with Gasteiger partial charge >= 0.3 is 5.97 Å². The van der Waals surface area contributed by atoms with E-state index in [4.69, 9.17) is 26.8 Å². The number of nitrogens with one attached hydrogen (secondary N) is 1. The number of esters is 1. The van der Waals surface area contributed by atoms with Crippen LogP contribution in [0, 0.1) is 6.92 Å². The highest BCUT2D eigenvalue weighted by Gasteiger charge is 2.18. The third kappa shape index (κ3) is 5.79. The number of ether oxygens (including phenoxy) is 2. The Morgan fingerprint density at radius 1 is 1.17 bits per heavy atom. The van der Waals surface area contributed by atoms with Gasteiger partial charge in [-0.25, -0.2) is 4.79 Å². The van der Waals surface area contributed by atoms with Crippen LogP contribution >= 0.6 is 11.6 Å². The lowest BCUT2D eigenvalue weighted by Gasteiger charge is -2.14. The minimum absolute atomic E-state index is 0.0189. The Labute approximate surface area is 173 Å². The Hall–Kier alpha value is -3.39. The minimum atomic E-state index is -0.836. The van der Waals surface area contributed by atoms with Gasteiger partial charge in [-0.05, 0) is 43.7 Å². The normalized spacial score (nSPS) is 11.6. The maximum atomic E-state index is 12.2. The van der Waals surface area contributed by atoms with E-state index in [0.717, 1.165) is 11.3 Å². The average molecular weight is 414 g/mol. The van der Waals surface area contributed by atoms with Crippen molar-refractivity contribution in [2.45, 2.75) is 26.6 Å². The molecule has 0 radical (unpaired) electrons. The number of carbonyl (C=O) groups excluding carboxylic acids is 1. The molecule has 0 aliphatic carbocycles. The molecule has 1 heterocycles. The predicted octanol–water partition coefficient (Wildman–Crippen LogP) is 3.67. The van der Waals surface area contributed by atoms with Gasteiger partial charge in [-0.15, -0.1) is 0 Å². The molecule has 3 aromatic rings. The Balaban J connectivity index is 1.62. The molecule has 1 atom stereocenters. The van der Waals surface area contributed by atoms with Crippen LogP contribution in [0.25, 0.3) is 0 Å². The summed E-state index contributed by atoms with van der Waals surface area (Å²) in [6.45, 7) is 3.37. The van der Waals surface area contributed by atoms with Crippen molar-refractivity contribution in [1.29, 1.82) is 0 Å². The van der Waals surface area contributed by atoms with E-state index < -0.39 is 12.1 Å². The zero-order valence-corrected chi connectivity index (χ0v) is 16.7. The molecule has 29 heavy (non-hydrogen) atoms. The van der Waals surface area contributed by atoms with Gasteiger partial charge in [-0.3, -0.25) is 0 Å². The second kappa shape index (κ2) is 9.20. The first-order valence-electron chi connectivity index (χ1n) is 8.82. The van der Waals surface area contributed by atoms with Crippen molar-refractivity contribution < 1.29 is 14.3 Å². The third-order valence-corrected chi connectivity index (χ3v) is 4.11. The van der Waals surface area contributed by atoms with E-state index in [1.165, 1.54) is 0 Å². The molecule has 0 amide bonds. The minimum Gasteiger partial charge on any atom is -0.479 e. The number of nitrogen functional groups attached to an aromatic ring is 1. The summed E-state index contributed by atoms with van der Waals surface area (Å²) in [5, 5.41) is 3.59. The van der Waals surface area contributed by atoms with Crippen molar-refractivity contribution >= 4 is 35.2 Å². The first-order chi connectivity index (χ1) is 13.9. The molecule has 0 saturated heterocycles. The van der Waals surface area contributed by atoms with Crippen LogP contribution in [0.1, 0.15) is 18.3 Å². The second-order valence-corrected chi connectivity index (χ2v) is 6.63. The maximum Gasteiger partial charge on any atom is 0.347 e. The van der Waals surface area contributed by atoms with Crippen molar-refractivity contribution in [3.8, 4) is 5.75 Å². The lowest BCUT2D eigenvalue weighted by molar-refractivity contribution is -0.152. The molecule has 3 rings (SSSR count). The Morgan fingerprint density at radius 2 is 1.97 bits per heavy atom. The summed E-state index contributed by atoms with van der Waals surface area (Å²) < 4.78 is 10.8. The Bertz CT molecular complexity index is 1010. The van der Waals surface area contributed by atoms with Crippen LogP contribution in [0.5, 0.6) is 5.75 Å². The van der Waals surface area contributed by atoms with Crippen molar-refractivity contribution in [2.24, 2.45) is 0 Å². The zero-order chi connectivity index (χ0) is 20.8. The topological polar surface area (TPSA) is 112 Å². The van der Waals surface area contributed by atoms with E-state index in [2.05, 4.69) is 20.3 Å². The molecule has 8 nitrogen and oxygen atoms in total. The number of anilines is 3. The van der Waals surface area contributed by atoms with Gasteiger partial charge in [0.25, 0.3) is 0 Å². The number of aryl methyl sites for hydroxylation is 1. The van der Waals surface area contributed by atoms with Gasteiger partial charge < -0.3 is 20.5 Å². The fourth-order valence-corrected chi connectivity index (χ4v) is 2.62. The largest absolute Gasteiger partial charge is 0.479 e. The summed E-state index contributed by atoms with van der Waals surface area (Å²) in [6.07, 6.45) is -0.836. The second-order valence-electron chi connectivity index (χ2n) is 6.20.